The summed E-state index contributed by atoms with van der Waals surface area (Å²) in [5.41, 5.74) is 13.2. The van der Waals surface area contributed by atoms with Gasteiger partial charge in [0.1, 0.15) is 11.2 Å². The first-order chi connectivity index (χ1) is 26.1. The number of hydrogen-bond acceptors (Lipinski definition) is 1. The topological polar surface area (TPSA) is 13.1 Å². The van der Waals surface area contributed by atoms with Crippen LogP contribution in [0.25, 0.3) is 98.4 Å². The van der Waals surface area contributed by atoms with Crippen LogP contribution in [-0.2, 0) is 5.41 Å². The van der Waals surface area contributed by atoms with Gasteiger partial charge in [0.25, 0.3) is 0 Å². The summed E-state index contributed by atoms with van der Waals surface area (Å²) in [5.74, 6) is 0. The first-order valence-electron chi connectivity index (χ1n) is 18.5. The van der Waals surface area contributed by atoms with Gasteiger partial charge in [-0.05, 0) is 130 Å². The van der Waals surface area contributed by atoms with Crippen molar-refractivity contribution in [2.24, 2.45) is 0 Å². The highest BCUT2D eigenvalue weighted by Crippen LogP contribution is 2.54. The van der Waals surface area contributed by atoms with E-state index in [4.69, 9.17) is 4.42 Å². The number of para-hydroxylation sites is 1. The smallest absolute Gasteiger partial charge is 0.136 e. The fourth-order valence-corrected chi connectivity index (χ4v) is 9.75. The number of rotatable bonds is 3. The van der Waals surface area contributed by atoms with E-state index in [2.05, 4.69) is 177 Å². The minimum absolute atomic E-state index is 0.289. The summed E-state index contributed by atoms with van der Waals surface area (Å²) in [6, 6.07) is 65.2. The second kappa shape index (κ2) is 10.4. The second-order valence-electron chi connectivity index (χ2n) is 14.9. The summed E-state index contributed by atoms with van der Waals surface area (Å²) in [6.07, 6.45) is 0. The molecule has 1 aliphatic carbocycles. The Labute approximate surface area is 306 Å². The van der Waals surface area contributed by atoms with E-state index in [1.54, 1.807) is 0 Å². The van der Waals surface area contributed by atoms with Crippen molar-refractivity contribution in [3.63, 3.8) is 0 Å². The predicted molar refractivity (Wildman–Crippen MR) is 223 cm³/mol. The first-order valence-corrected chi connectivity index (χ1v) is 18.5. The third-order valence-corrected chi connectivity index (χ3v) is 12.3. The Morgan fingerprint density at radius 2 is 0.981 bits per heavy atom. The van der Waals surface area contributed by atoms with Crippen LogP contribution in [0.1, 0.15) is 23.6 Å². The van der Waals surface area contributed by atoms with Crippen LogP contribution in [0.5, 0.6) is 0 Å². The second-order valence-corrected chi connectivity index (χ2v) is 14.9. The minimum atomic E-state index is -0.289. The number of hydrogen-bond donors (Lipinski definition) is 0. The molecular formula is C52H32O. The van der Waals surface area contributed by atoms with Crippen LogP contribution in [0.4, 0.5) is 0 Å². The molecule has 0 aliphatic heterocycles. The van der Waals surface area contributed by atoms with Crippen LogP contribution in [-0.4, -0.2) is 0 Å². The molecular weight excluding hydrogens is 641 g/mol. The normalized spacial score (nSPS) is 15.3. The zero-order valence-electron chi connectivity index (χ0n) is 29.2. The highest BCUT2D eigenvalue weighted by molar-refractivity contribution is 6.28. The Morgan fingerprint density at radius 1 is 0.358 bits per heavy atom. The Bertz CT molecular complexity index is 3290. The van der Waals surface area contributed by atoms with Crippen LogP contribution in [0.2, 0.25) is 0 Å². The Morgan fingerprint density at radius 3 is 1.79 bits per heavy atom. The number of fused-ring (bicyclic) bond motifs is 7. The molecule has 0 amide bonds. The maximum absolute atomic E-state index is 6.32. The molecule has 0 saturated carbocycles. The van der Waals surface area contributed by atoms with Gasteiger partial charge in [0, 0.05) is 16.2 Å². The number of furan rings is 1. The molecule has 1 unspecified atom stereocenters. The van der Waals surface area contributed by atoms with Crippen molar-refractivity contribution in [1.82, 2.24) is 0 Å². The predicted octanol–water partition coefficient (Wildman–Crippen LogP) is 14.3. The molecule has 1 atom stereocenters. The van der Waals surface area contributed by atoms with E-state index >= 15 is 0 Å². The van der Waals surface area contributed by atoms with Gasteiger partial charge in [0.15, 0.2) is 0 Å². The Balaban J connectivity index is 1.10. The lowest BCUT2D eigenvalue weighted by molar-refractivity contribution is 0.669. The highest BCUT2D eigenvalue weighted by atomic mass is 16.3. The molecule has 0 spiro atoms. The van der Waals surface area contributed by atoms with Crippen molar-refractivity contribution >= 4 is 65.0 Å². The van der Waals surface area contributed by atoms with Gasteiger partial charge in [-0.3, -0.25) is 0 Å². The van der Waals surface area contributed by atoms with Crippen molar-refractivity contribution in [2.45, 2.75) is 12.3 Å². The highest BCUT2D eigenvalue weighted by Gasteiger charge is 2.41. The van der Waals surface area contributed by atoms with Gasteiger partial charge in [0.2, 0.25) is 0 Å². The van der Waals surface area contributed by atoms with Crippen LogP contribution in [0, 0.1) is 0 Å². The molecule has 1 heteroatoms. The zero-order valence-corrected chi connectivity index (χ0v) is 29.2. The van der Waals surface area contributed by atoms with E-state index in [1.807, 2.05) is 6.07 Å². The van der Waals surface area contributed by atoms with Crippen LogP contribution >= 0.6 is 0 Å². The van der Waals surface area contributed by atoms with Gasteiger partial charge >= 0.3 is 0 Å². The maximum atomic E-state index is 6.32. The molecule has 1 aliphatic rings. The molecule has 0 saturated heterocycles. The maximum Gasteiger partial charge on any atom is 0.136 e. The quantitative estimate of drug-likeness (QED) is 0.170. The summed E-state index contributed by atoms with van der Waals surface area (Å²) in [5, 5.41) is 12.6. The molecule has 0 fully saturated rings. The fraction of sp³-hybridized carbons (Fsp3) is 0.0385. The van der Waals surface area contributed by atoms with E-state index in [0.29, 0.717) is 0 Å². The first kappa shape index (κ1) is 28.9. The van der Waals surface area contributed by atoms with Crippen molar-refractivity contribution in [3.8, 4) is 33.4 Å². The average molecular weight is 673 g/mol. The third kappa shape index (κ3) is 3.86. The lowest BCUT2D eigenvalue weighted by Crippen LogP contribution is -2.22. The van der Waals surface area contributed by atoms with Gasteiger partial charge in [-0.1, -0.05) is 146 Å². The third-order valence-electron chi connectivity index (χ3n) is 12.3. The van der Waals surface area contributed by atoms with Gasteiger partial charge in [-0.15, -0.1) is 0 Å². The molecule has 246 valence electrons. The zero-order chi connectivity index (χ0) is 34.8. The van der Waals surface area contributed by atoms with Crippen LogP contribution in [0.15, 0.2) is 180 Å². The number of benzene rings is 10. The molecule has 0 radical (unpaired) electrons. The molecule has 0 bridgehead atoms. The largest absolute Gasteiger partial charge is 0.456 e. The molecule has 11 aromatic rings. The van der Waals surface area contributed by atoms with E-state index in [9.17, 15) is 0 Å². The van der Waals surface area contributed by atoms with Crippen molar-refractivity contribution in [2.75, 3.05) is 0 Å². The molecule has 1 nitrogen and oxygen atoms in total. The Kier molecular flexibility index (Phi) is 5.70. The van der Waals surface area contributed by atoms with Crippen LogP contribution in [0.3, 0.4) is 0 Å². The van der Waals surface area contributed by atoms with Gasteiger partial charge in [-0.2, -0.15) is 0 Å². The lowest BCUT2D eigenvalue weighted by atomic mass is 9.73. The molecule has 0 N–H and O–H groups in total. The standard InChI is InChI=1S/C52H32O/c1-52(36-12-3-2-4-13-36)45-30-35(22-25-39(45)44-28-33-10-5-6-11-34(33)29-46(44)52)37-23-18-31-21-27-42-38(24-19-32-20-26-41(37)49(31)50(32)42)40-15-9-17-48-51(40)43-14-7-8-16-47(43)53-48/h2-30H,1H3. The van der Waals surface area contributed by atoms with E-state index in [0.717, 1.165) is 16.6 Å². The fourth-order valence-electron chi connectivity index (χ4n) is 9.75. The summed E-state index contributed by atoms with van der Waals surface area (Å²) >= 11 is 0. The lowest BCUT2D eigenvalue weighted by Gasteiger charge is -2.29. The summed E-state index contributed by atoms with van der Waals surface area (Å²) < 4.78 is 6.32. The molecule has 1 aromatic heterocycles. The SMILES string of the molecule is CC1(c2ccccc2)c2cc(-c3ccc4ccc5c(-c6cccc7oc8ccccc8c67)ccc6ccc3c4c65)ccc2-c2cc3ccccc3cc21. The van der Waals surface area contributed by atoms with Crippen molar-refractivity contribution < 1.29 is 4.42 Å². The average Bonchev–Trinajstić information content (AvgIpc) is 3.72. The van der Waals surface area contributed by atoms with Gasteiger partial charge < -0.3 is 4.42 Å². The van der Waals surface area contributed by atoms with E-state index in [-0.39, 0.29) is 5.41 Å². The van der Waals surface area contributed by atoms with Gasteiger partial charge in [-0.25, -0.2) is 0 Å². The molecule has 1 heterocycles. The minimum Gasteiger partial charge on any atom is -0.456 e. The van der Waals surface area contributed by atoms with E-state index in [1.165, 1.54) is 98.5 Å². The summed E-state index contributed by atoms with van der Waals surface area (Å²) in [4.78, 5) is 0. The Hall–Kier alpha value is -6.70. The molecule has 10 aromatic carbocycles. The van der Waals surface area contributed by atoms with Crippen molar-refractivity contribution in [3.05, 3.63) is 193 Å². The monoisotopic (exact) mass is 672 g/mol. The molecule has 12 rings (SSSR count). The van der Waals surface area contributed by atoms with E-state index < -0.39 is 0 Å². The van der Waals surface area contributed by atoms with Crippen molar-refractivity contribution in [1.29, 1.82) is 0 Å². The van der Waals surface area contributed by atoms with Crippen LogP contribution < -0.4 is 0 Å². The summed E-state index contributed by atoms with van der Waals surface area (Å²) in [6.45, 7) is 2.42. The van der Waals surface area contributed by atoms with Gasteiger partial charge in [0.05, 0.1) is 0 Å². The summed E-state index contributed by atoms with van der Waals surface area (Å²) in [7, 11) is 0. The molecule has 53 heavy (non-hydrogen) atoms.